The normalized spacial score (nSPS) is 15.1. The Labute approximate surface area is 191 Å². The molecule has 1 saturated heterocycles. The van der Waals surface area contributed by atoms with E-state index in [4.69, 9.17) is 9.15 Å². The highest BCUT2D eigenvalue weighted by atomic mass is 19.1. The molecule has 2 amide bonds. The van der Waals surface area contributed by atoms with Gasteiger partial charge in [0.05, 0.1) is 25.5 Å². The number of hydrogen-bond acceptors (Lipinski definition) is 5. The van der Waals surface area contributed by atoms with Crippen molar-refractivity contribution in [1.29, 1.82) is 0 Å². The summed E-state index contributed by atoms with van der Waals surface area (Å²) < 4.78 is 24.0. The van der Waals surface area contributed by atoms with E-state index in [1.807, 2.05) is 6.92 Å². The zero-order valence-electron chi connectivity index (χ0n) is 18.3. The highest BCUT2D eigenvalue weighted by Gasteiger charge is 2.23. The first kappa shape index (κ1) is 22.7. The summed E-state index contributed by atoms with van der Waals surface area (Å²) in [4.78, 5) is 27.5. The molecule has 0 spiro atoms. The lowest BCUT2D eigenvalue weighted by Gasteiger charge is -2.35. The number of rotatable bonds is 7. The molecule has 4 rings (SSSR count). The number of morpholine rings is 1. The van der Waals surface area contributed by atoms with Gasteiger partial charge in [0.1, 0.15) is 5.82 Å². The monoisotopic (exact) mass is 451 g/mol. The van der Waals surface area contributed by atoms with E-state index in [2.05, 4.69) is 15.5 Å². The Morgan fingerprint density at radius 2 is 1.82 bits per heavy atom. The third-order valence-electron chi connectivity index (χ3n) is 5.69. The summed E-state index contributed by atoms with van der Waals surface area (Å²) in [6.07, 6.45) is 1.43. The Morgan fingerprint density at radius 1 is 1.06 bits per heavy atom. The van der Waals surface area contributed by atoms with Crippen LogP contribution in [0.3, 0.4) is 0 Å². The molecule has 0 radical (unpaired) electrons. The van der Waals surface area contributed by atoms with Gasteiger partial charge in [-0.15, -0.1) is 0 Å². The molecular weight excluding hydrogens is 425 g/mol. The molecule has 33 heavy (non-hydrogen) atoms. The molecule has 1 aliphatic heterocycles. The molecule has 1 aliphatic rings. The average Bonchev–Trinajstić information content (AvgIpc) is 3.37. The Kier molecular flexibility index (Phi) is 7.16. The first-order valence-electron chi connectivity index (χ1n) is 10.8. The molecule has 172 valence electrons. The second-order valence-electron chi connectivity index (χ2n) is 7.89. The minimum absolute atomic E-state index is 0.109. The molecule has 0 saturated carbocycles. The molecule has 2 heterocycles. The summed E-state index contributed by atoms with van der Waals surface area (Å²) in [6.45, 7) is 4.89. The lowest BCUT2D eigenvalue weighted by molar-refractivity contribution is 0.0162. The number of carbonyl (C=O) groups is 2. The maximum Gasteiger partial charge on any atom is 0.291 e. The number of nitrogens with zero attached hydrogens (tertiary/aromatic N) is 1. The molecule has 1 atom stereocenters. The highest BCUT2D eigenvalue weighted by molar-refractivity contribution is 6.03. The van der Waals surface area contributed by atoms with E-state index >= 15 is 0 Å². The number of aryl methyl sites for hydroxylation is 1. The van der Waals surface area contributed by atoms with Gasteiger partial charge >= 0.3 is 0 Å². The van der Waals surface area contributed by atoms with E-state index in [-0.39, 0.29) is 29.4 Å². The van der Waals surface area contributed by atoms with Gasteiger partial charge in [0.15, 0.2) is 5.76 Å². The van der Waals surface area contributed by atoms with Crippen molar-refractivity contribution in [2.24, 2.45) is 0 Å². The fraction of sp³-hybridized carbons (Fsp3) is 0.280. The molecule has 8 heteroatoms. The van der Waals surface area contributed by atoms with Crippen LogP contribution in [0.25, 0.3) is 0 Å². The fourth-order valence-electron chi connectivity index (χ4n) is 3.81. The molecule has 0 aliphatic carbocycles. The SMILES string of the molecule is Cc1ccc(C(=O)NC[C@H](c2ccc(F)cc2)N2CCOCC2)cc1NC(=O)c1ccco1. The van der Waals surface area contributed by atoms with Crippen molar-refractivity contribution in [3.8, 4) is 0 Å². The van der Waals surface area contributed by atoms with Crippen LogP contribution in [0.5, 0.6) is 0 Å². The lowest BCUT2D eigenvalue weighted by Crippen LogP contribution is -2.43. The van der Waals surface area contributed by atoms with E-state index in [1.54, 1.807) is 42.5 Å². The summed E-state index contributed by atoms with van der Waals surface area (Å²) in [6, 6.07) is 14.6. The van der Waals surface area contributed by atoms with Crippen LogP contribution in [0.2, 0.25) is 0 Å². The van der Waals surface area contributed by atoms with Gasteiger partial charge in [-0.25, -0.2) is 4.39 Å². The number of hydrogen-bond donors (Lipinski definition) is 2. The van der Waals surface area contributed by atoms with Crippen LogP contribution in [0.15, 0.2) is 65.3 Å². The number of amides is 2. The smallest absolute Gasteiger partial charge is 0.291 e. The quantitative estimate of drug-likeness (QED) is 0.571. The molecule has 0 unspecified atom stereocenters. The molecule has 7 nitrogen and oxygen atoms in total. The first-order valence-corrected chi connectivity index (χ1v) is 10.8. The van der Waals surface area contributed by atoms with Crippen LogP contribution >= 0.6 is 0 Å². The van der Waals surface area contributed by atoms with Crippen molar-refractivity contribution in [3.05, 3.63) is 89.1 Å². The summed E-state index contributed by atoms with van der Waals surface area (Å²) >= 11 is 0. The van der Waals surface area contributed by atoms with E-state index in [9.17, 15) is 14.0 Å². The van der Waals surface area contributed by atoms with Gasteiger partial charge in [-0.05, 0) is 54.4 Å². The summed E-state index contributed by atoms with van der Waals surface area (Å²) in [5.41, 5.74) is 2.71. The molecule has 2 aromatic carbocycles. The Hall–Kier alpha value is -3.49. The van der Waals surface area contributed by atoms with E-state index < -0.39 is 0 Å². The number of halogens is 1. The first-order chi connectivity index (χ1) is 16.0. The maximum absolute atomic E-state index is 13.4. The standard InChI is InChI=1S/C25H26FN3O4/c1-17-4-5-19(15-21(17)28-25(31)23-3-2-12-33-23)24(30)27-16-22(29-10-13-32-14-11-29)18-6-8-20(26)9-7-18/h2-9,12,15,22H,10-11,13-14,16H2,1H3,(H,27,30)(H,28,31)/t22-/m1/s1. The number of nitrogens with one attached hydrogen (secondary N) is 2. The van der Waals surface area contributed by atoms with E-state index in [1.165, 1.54) is 18.4 Å². The average molecular weight is 451 g/mol. The summed E-state index contributed by atoms with van der Waals surface area (Å²) in [5, 5.41) is 5.78. The minimum Gasteiger partial charge on any atom is -0.459 e. The Balaban J connectivity index is 1.46. The molecule has 0 bridgehead atoms. The zero-order chi connectivity index (χ0) is 23.2. The van der Waals surface area contributed by atoms with Gasteiger partial charge in [-0.3, -0.25) is 14.5 Å². The van der Waals surface area contributed by atoms with Gasteiger partial charge in [-0.1, -0.05) is 18.2 Å². The fourth-order valence-corrected chi connectivity index (χ4v) is 3.81. The van der Waals surface area contributed by atoms with Crippen molar-refractivity contribution >= 4 is 17.5 Å². The van der Waals surface area contributed by atoms with Crippen LogP contribution in [0.1, 0.15) is 38.1 Å². The van der Waals surface area contributed by atoms with Crippen LogP contribution in [0, 0.1) is 12.7 Å². The number of ether oxygens (including phenoxy) is 1. The van der Waals surface area contributed by atoms with Gasteiger partial charge in [0.2, 0.25) is 0 Å². The summed E-state index contributed by atoms with van der Waals surface area (Å²) in [7, 11) is 0. The van der Waals surface area contributed by atoms with Gasteiger partial charge in [0.25, 0.3) is 11.8 Å². The van der Waals surface area contributed by atoms with E-state index in [0.29, 0.717) is 31.0 Å². The van der Waals surface area contributed by atoms with Crippen LogP contribution < -0.4 is 10.6 Å². The third-order valence-corrected chi connectivity index (χ3v) is 5.69. The lowest BCUT2D eigenvalue weighted by atomic mass is 10.0. The summed E-state index contributed by atoms with van der Waals surface area (Å²) in [5.74, 6) is -0.752. The Bertz CT molecular complexity index is 1090. The van der Waals surface area contributed by atoms with Crippen molar-refractivity contribution in [2.45, 2.75) is 13.0 Å². The Morgan fingerprint density at radius 3 is 2.52 bits per heavy atom. The topological polar surface area (TPSA) is 83.8 Å². The zero-order valence-corrected chi connectivity index (χ0v) is 18.3. The van der Waals surface area contributed by atoms with Crippen molar-refractivity contribution in [3.63, 3.8) is 0 Å². The largest absolute Gasteiger partial charge is 0.459 e. The maximum atomic E-state index is 13.4. The molecule has 2 N–H and O–H groups in total. The van der Waals surface area contributed by atoms with Gasteiger partial charge < -0.3 is 19.8 Å². The second-order valence-corrected chi connectivity index (χ2v) is 7.89. The number of benzene rings is 2. The number of furan rings is 1. The highest BCUT2D eigenvalue weighted by Crippen LogP contribution is 2.23. The predicted octanol–water partition coefficient (Wildman–Crippen LogP) is 3.78. The number of carbonyl (C=O) groups excluding carboxylic acids is 2. The van der Waals surface area contributed by atoms with Crippen LogP contribution in [0.4, 0.5) is 10.1 Å². The van der Waals surface area contributed by atoms with Crippen LogP contribution in [-0.2, 0) is 4.74 Å². The molecular formula is C25H26FN3O4. The van der Waals surface area contributed by atoms with Crippen LogP contribution in [-0.4, -0.2) is 49.6 Å². The second kappa shape index (κ2) is 10.4. The minimum atomic E-state index is -0.385. The van der Waals surface area contributed by atoms with Gasteiger partial charge in [-0.2, -0.15) is 0 Å². The predicted molar refractivity (Wildman–Crippen MR) is 122 cm³/mol. The number of anilines is 1. The van der Waals surface area contributed by atoms with Crippen molar-refractivity contribution in [1.82, 2.24) is 10.2 Å². The third kappa shape index (κ3) is 5.66. The van der Waals surface area contributed by atoms with Crippen molar-refractivity contribution < 1.29 is 23.1 Å². The molecule has 3 aromatic rings. The van der Waals surface area contributed by atoms with Crippen molar-refractivity contribution in [2.75, 3.05) is 38.2 Å². The van der Waals surface area contributed by atoms with Gasteiger partial charge in [0, 0.05) is 30.9 Å². The molecule has 1 aromatic heterocycles. The van der Waals surface area contributed by atoms with E-state index in [0.717, 1.165) is 24.2 Å². The molecule has 1 fully saturated rings.